The molecule has 0 amide bonds. The van der Waals surface area contributed by atoms with Gasteiger partial charge in [0.05, 0.1) is 41.5 Å². The van der Waals surface area contributed by atoms with Gasteiger partial charge in [0.25, 0.3) is 0 Å². The first-order valence-electron chi connectivity index (χ1n) is 16.3. The van der Waals surface area contributed by atoms with Crippen LogP contribution in [0.25, 0.3) is 10.6 Å². The minimum atomic E-state index is -0.481. The molecule has 0 radical (unpaired) electrons. The number of aryl methyl sites for hydroxylation is 2. The first-order chi connectivity index (χ1) is 24.7. The predicted molar refractivity (Wildman–Crippen MR) is 186 cm³/mol. The van der Waals surface area contributed by atoms with Gasteiger partial charge in [0.15, 0.2) is 11.4 Å². The number of aliphatic imine (C=N–C) groups is 1. The van der Waals surface area contributed by atoms with Crippen LogP contribution in [0.2, 0.25) is 0 Å². The Kier molecular flexibility index (Phi) is 8.48. The normalized spacial score (nSPS) is 16.0. The summed E-state index contributed by atoms with van der Waals surface area (Å²) in [5.41, 5.74) is 4.09. The molecule has 0 saturated heterocycles. The molecule has 1 aromatic heterocycles. The molecule has 0 bridgehead atoms. The molecule has 252 valence electrons. The summed E-state index contributed by atoms with van der Waals surface area (Å²) in [6.45, 7) is 11.0. The quantitative estimate of drug-likeness (QED) is 0.0754. The van der Waals surface area contributed by atoms with Crippen molar-refractivity contribution in [3.05, 3.63) is 133 Å². The maximum absolute atomic E-state index is 12.8. The molecule has 3 aromatic carbocycles. The average Bonchev–Trinajstić information content (AvgIpc) is 4.08. The maximum Gasteiger partial charge on any atom is 0.337 e. The van der Waals surface area contributed by atoms with E-state index in [2.05, 4.69) is 22.0 Å². The fraction of sp³-hybridized carbons (Fsp3) is 0.231. The lowest BCUT2D eigenvalue weighted by atomic mass is 10.0. The number of nitro groups is 1. The number of hydrogen-bond acceptors (Lipinski definition) is 9. The van der Waals surface area contributed by atoms with Gasteiger partial charge in [0.2, 0.25) is 5.88 Å². The number of nitrogens with one attached hydrogen (secondary N) is 1. The molecule has 2 heterocycles. The van der Waals surface area contributed by atoms with Gasteiger partial charge in [0.1, 0.15) is 40.3 Å². The Labute approximate surface area is 293 Å². The zero-order chi connectivity index (χ0) is 35.8. The monoisotopic (exact) mass is 678 g/mol. The van der Waals surface area contributed by atoms with Gasteiger partial charge >= 0.3 is 11.6 Å². The molecule has 12 heteroatoms. The highest BCUT2D eigenvalue weighted by Crippen LogP contribution is 2.52. The number of nitrogens with zero attached hydrogens (tertiary/aromatic N) is 5. The second-order valence-corrected chi connectivity index (χ2v) is 12.5. The van der Waals surface area contributed by atoms with E-state index in [4.69, 9.17) is 30.5 Å². The first kappa shape index (κ1) is 32.7. The summed E-state index contributed by atoms with van der Waals surface area (Å²) < 4.78 is 24.6. The third-order valence-corrected chi connectivity index (χ3v) is 8.90. The van der Waals surface area contributed by atoms with Crippen LogP contribution in [-0.4, -0.2) is 22.9 Å². The van der Waals surface area contributed by atoms with E-state index in [1.807, 2.05) is 26.0 Å². The zero-order valence-electron chi connectivity index (χ0n) is 27.9. The van der Waals surface area contributed by atoms with Crippen LogP contribution in [0.3, 0.4) is 0 Å². The van der Waals surface area contributed by atoms with Crippen LogP contribution in [0.4, 0.5) is 5.69 Å². The number of allylic oxidation sites excluding steroid dienone is 1. The highest BCUT2D eigenvalue weighted by molar-refractivity contribution is 6.00. The first-order valence-corrected chi connectivity index (χ1v) is 16.3. The van der Waals surface area contributed by atoms with E-state index in [9.17, 15) is 20.6 Å². The molecule has 2 aliphatic carbocycles. The third kappa shape index (κ3) is 6.37. The van der Waals surface area contributed by atoms with Crippen molar-refractivity contribution in [2.24, 2.45) is 10.9 Å². The third-order valence-electron chi connectivity index (χ3n) is 8.90. The molecule has 2 saturated carbocycles. The second kappa shape index (κ2) is 13.2. The number of hydrogen-bond donors (Lipinski definition) is 1. The highest BCUT2D eigenvalue weighted by atomic mass is 16.6. The summed E-state index contributed by atoms with van der Waals surface area (Å²) >= 11 is 0. The van der Waals surface area contributed by atoms with E-state index in [0.717, 1.165) is 24.0 Å². The Morgan fingerprint density at radius 3 is 2.12 bits per heavy atom. The number of aromatic amines is 1. The minimum absolute atomic E-state index is 0.00637. The SMILES string of the molecule is [C-]#[N+]c1ccc(OC2=NC(=C(Oc3c(C)cc(OC)cc3C)c3[nH]c(Oc4ccc(C#N)cc4)c(C#N)c3C3CC3)C(C3CC3)=C2[N+](=O)[O-])cc1. The lowest BCUT2D eigenvalue weighted by Crippen LogP contribution is -2.17. The van der Waals surface area contributed by atoms with Gasteiger partial charge in [-0.1, -0.05) is 12.1 Å². The van der Waals surface area contributed by atoms with E-state index in [0.29, 0.717) is 58.2 Å². The van der Waals surface area contributed by atoms with Crippen molar-refractivity contribution in [3.8, 4) is 41.0 Å². The number of methoxy groups -OCH3 is 1. The van der Waals surface area contributed by atoms with Gasteiger partial charge in [-0.25, -0.2) is 9.84 Å². The van der Waals surface area contributed by atoms with Crippen LogP contribution in [0.15, 0.2) is 82.6 Å². The van der Waals surface area contributed by atoms with Crippen LogP contribution in [0.5, 0.6) is 28.9 Å². The standard InChI is InChI=1S/C39H30N6O6/c1-21-17-29(48-4)18-22(2)36(21)51-37(33-31(24-7-8-24)30(20-41)38(43-33)49-27-13-5-23(19-40)6-14-27)34-32(25-9-10-25)35(45(46)47)39(44-34)50-28-15-11-26(42-3)12-16-28/h5-6,11-18,24-25,43H,7-10H2,1-2,4H3. The number of ether oxygens (including phenoxy) is 4. The zero-order valence-corrected chi connectivity index (χ0v) is 27.9. The smallest absolute Gasteiger partial charge is 0.337 e. The molecule has 0 atom stereocenters. The largest absolute Gasteiger partial charge is 0.497 e. The highest BCUT2D eigenvalue weighted by Gasteiger charge is 2.46. The molecule has 0 unspecified atom stereocenters. The van der Waals surface area contributed by atoms with E-state index < -0.39 is 4.92 Å². The summed E-state index contributed by atoms with van der Waals surface area (Å²) in [6, 6.07) is 20.9. The van der Waals surface area contributed by atoms with Gasteiger partial charge in [-0.3, -0.25) is 10.1 Å². The molecular formula is C39H30N6O6. The fourth-order valence-corrected chi connectivity index (χ4v) is 6.18. The van der Waals surface area contributed by atoms with Crippen molar-refractivity contribution in [2.45, 2.75) is 45.4 Å². The van der Waals surface area contributed by atoms with Gasteiger partial charge < -0.3 is 23.9 Å². The van der Waals surface area contributed by atoms with Gasteiger partial charge in [0, 0.05) is 5.56 Å². The summed E-state index contributed by atoms with van der Waals surface area (Å²) in [4.78, 5) is 23.8. The summed E-state index contributed by atoms with van der Waals surface area (Å²) in [5, 5.41) is 32.6. The summed E-state index contributed by atoms with van der Waals surface area (Å²) in [5.74, 6) is 1.84. The van der Waals surface area contributed by atoms with Gasteiger partial charge in [-0.15, -0.1) is 0 Å². The van der Waals surface area contributed by atoms with Crippen molar-refractivity contribution >= 4 is 17.3 Å². The van der Waals surface area contributed by atoms with Crippen LogP contribution in [-0.2, 0) is 0 Å². The molecule has 7 rings (SSSR count). The Hall–Kier alpha value is -6.84. The van der Waals surface area contributed by atoms with Crippen molar-refractivity contribution in [1.29, 1.82) is 10.5 Å². The molecule has 1 N–H and O–H groups in total. The summed E-state index contributed by atoms with van der Waals surface area (Å²) in [7, 11) is 1.58. The van der Waals surface area contributed by atoms with Crippen LogP contribution in [0.1, 0.15) is 65.1 Å². The summed E-state index contributed by atoms with van der Waals surface area (Å²) in [6.07, 6.45) is 3.07. The fourth-order valence-electron chi connectivity index (χ4n) is 6.18. The number of nitriles is 2. The molecule has 12 nitrogen and oxygen atoms in total. The number of H-pyrrole nitrogens is 1. The van der Waals surface area contributed by atoms with E-state index in [1.165, 1.54) is 0 Å². The Morgan fingerprint density at radius 2 is 1.57 bits per heavy atom. The van der Waals surface area contributed by atoms with E-state index >= 15 is 0 Å². The topological polar surface area (TPSA) is 160 Å². The van der Waals surface area contributed by atoms with Crippen molar-refractivity contribution in [3.63, 3.8) is 0 Å². The lowest BCUT2D eigenvalue weighted by molar-refractivity contribution is -0.417. The molecule has 0 spiro atoms. The number of benzene rings is 3. The lowest BCUT2D eigenvalue weighted by Gasteiger charge is -2.18. The second-order valence-electron chi connectivity index (χ2n) is 12.5. The van der Waals surface area contributed by atoms with Crippen molar-refractivity contribution < 1.29 is 23.9 Å². The van der Waals surface area contributed by atoms with Gasteiger partial charge in [-0.05, 0) is 111 Å². The maximum atomic E-state index is 12.8. The number of rotatable bonds is 10. The van der Waals surface area contributed by atoms with E-state index in [1.54, 1.807) is 55.6 Å². The Morgan fingerprint density at radius 1 is 0.941 bits per heavy atom. The molecular weight excluding hydrogens is 648 g/mol. The van der Waals surface area contributed by atoms with Crippen molar-refractivity contribution in [2.75, 3.05) is 7.11 Å². The van der Waals surface area contributed by atoms with Gasteiger partial charge in [-0.2, -0.15) is 10.5 Å². The van der Waals surface area contributed by atoms with Crippen molar-refractivity contribution in [1.82, 2.24) is 4.98 Å². The molecule has 51 heavy (non-hydrogen) atoms. The minimum Gasteiger partial charge on any atom is -0.497 e. The van der Waals surface area contributed by atoms with Crippen LogP contribution < -0.4 is 18.9 Å². The average molecular weight is 679 g/mol. The molecule has 3 aliphatic rings. The van der Waals surface area contributed by atoms with E-state index in [-0.39, 0.29) is 52.1 Å². The Balaban J connectivity index is 1.46. The molecule has 4 aromatic rings. The van der Waals surface area contributed by atoms with Crippen LogP contribution >= 0.6 is 0 Å². The molecule has 2 fully saturated rings. The molecule has 1 aliphatic heterocycles. The Bertz CT molecular complexity index is 2280. The predicted octanol–water partition coefficient (Wildman–Crippen LogP) is 8.78. The van der Waals surface area contributed by atoms with Crippen LogP contribution in [0, 0.1) is 59.1 Å². The number of aromatic nitrogens is 1.